The molecule has 2 aromatic rings. The molecule has 1 heterocycles. The summed E-state index contributed by atoms with van der Waals surface area (Å²) in [5, 5.41) is 3.65. The summed E-state index contributed by atoms with van der Waals surface area (Å²) >= 11 is 5.69. The van der Waals surface area contributed by atoms with Gasteiger partial charge in [-0.15, -0.1) is 11.3 Å². The minimum absolute atomic E-state index is 0.439. The molecule has 0 saturated heterocycles. The fourth-order valence-corrected chi connectivity index (χ4v) is 4.71. The lowest BCUT2D eigenvalue weighted by Gasteiger charge is -2.17. The zero-order valence-electron chi connectivity index (χ0n) is 11.8. The number of fused-ring (bicyclic) bond motifs is 1. The zero-order valence-corrected chi connectivity index (χ0v) is 14.2. The van der Waals surface area contributed by atoms with Crippen LogP contribution in [-0.4, -0.2) is 6.54 Å². The fraction of sp³-hybridized carbons (Fsp3) is 0.412. The number of halogens is 1. The number of rotatable bonds is 5. The standard InChI is InChI=1S/C17H20BrNS/c1-2-19-15(10-12-6-3-4-8-14(12)18)17-11-13-7-5-9-16(13)20-17/h3-4,6,8,11,15,19H,2,5,7,9-10H2,1H3. The molecule has 1 aliphatic carbocycles. The first-order chi connectivity index (χ1) is 9.78. The molecule has 0 radical (unpaired) electrons. The number of aryl methyl sites for hydroxylation is 2. The van der Waals surface area contributed by atoms with E-state index in [0.717, 1.165) is 13.0 Å². The van der Waals surface area contributed by atoms with Gasteiger partial charge in [0.25, 0.3) is 0 Å². The van der Waals surface area contributed by atoms with Crippen LogP contribution in [-0.2, 0) is 19.3 Å². The molecule has 0 amide bonds. The maximum Gasteiger partial charge on any atom is 0.0456 e. The van der Waals surface area contributed by atoms with E-state index in [4.69, 9.17) is 0 Å². The summed E-state index contributed by atoms with van der Waals surface area (Å²) in [4.78, 5) is 3.13. The Morgan fingerprint density at radius 1 is 1.30 bits per heavy atom. The fourth-order valence-electron chi connectivity index (χ4n) is 2.93. The minimum atomic E-state index is 0.439. The third-order valence-corrected chi connectivity index (χ3v) is 6.07. The summed E-state index contributed by atoms with van der Waals surface area (Å²) in [5.41, 5.74) is 2.98. The molecule has 3 heteroatoms. The summed E-state index contributed by atoms with van der Waals surface area (Å²) in [5.74, 6) is 0. The van der Waals surface area contributed by atoms with Crippen LogP contribution in [0.25, 0.3) is 0 Å². The Labute approximate surface area is 133 Å². The summed E-state index contributed by atoms with van der Waals surface area (Å²) < 4.78 is 1.21. The van der Waals surface area contributed by atoms with Crippen LogP contribution >= 0.6 is 27.3 Å². The highest BCUT2D eigenvalue weighted by molar-refractivity contribution is 9.10. The van der Waals surface area contributed by atoms with Gasteiger partial charge in [-0.05, 0) is 55.5 Å². The van der Waals surface area contributed by atoms with Crippen molar-refractivity contribution in [2.45, 2.75) is 38.6 Å². The van der Waals surface area contributed by atoms with Crippen molar-refractivity contribution in [3.63, 3.8) is 0 Å². The highest BCUT2D eigenvalue weighted by atomic mass is 79.9. The van der Waals surface area contributed by atoms with Gasteiger partial charge in [0.15, 0.2) is 0 Å². The first kappa shape index (κ1) is 14.3. The molecule has 20 heavy (non-hydrogen) atoms. The smallest absolute Gasteiger partial charge is 0.0456 e. The Bertz CT molecular complexity index is 569. The number of thiophene rings is 1. The van der Waals surface area contributed by atoms with Crippen LogP contribution in [0, 0.1) is 0 Å². The first-order valence-corrected chi connectivity index (χ1v) is 8.97. The van der Waals surface area contributed by atoms with E-state index in [9.17, 15) is 0 Å². The second kappa shape index (κ2) is 6.42. The maximum absolute atomic E-state index is 3.67. The van der Waals surface area contributed by atoms with Gasteiger partial charge >= 0.3 is 0 Å². The monoisotopic (exact) mass is 349 g/mol. The van der Waals surface area contributed by atoms with E-state index in [2.05, 4.69) is 58.5 Å². The van der Waals surface area contributed by atoms with Crippen molar-refractivity contribution in [3.05, 3.63) is 55.7 Å². The van der Waals surface area contributed by atoms with Crippen LogP contribution < -0.4 is 5.32 Å². The first-order valence-electron chi connectivity index (χ1n) is 7.36. The maximum atomic E-state index is 3.67. The highest BCUT2D eigenvalue weighted by Crippen LogP contribution is 2.35. The summed E-state index contributed by atoms with van der Waals surface area (Å²) in [6.07, 6.45) is 4.96. The van der Waals surface area contributed by atoms with E-state index in [0.29, 0.717) is 6.04 Å². The average Bonchev–Trinajstić information content (AvgIpc) is 3.01. The lowest BCUT2D eigenvalue weighted by Crippen LogP contribution is -2.22. The molecular weight excluding hydrogens is 330 g/mol. The minimum Gasteiger partial charge on any atom is -0.309 e. The molecule has 0 spiro atoms. The second-order valence-corrected chi connectivity index (χ2v) is 7.38. The SMILES string of the molecule is CCNC(Cc1ccccc1Br)c1cc2c(s1)CCC2. The summed E-state index contributed by atoms with van der Waals surface area (Å²) in [7, 11) is 0. The third kappa shape index (κ3) is 3.00. The Morgan fingerprint density at radius 3 is 2.90 bits per heavy atom. The van der Waals surface area contributed by atoms with E-state index in [1.165, 1.54) is 34.2 Å². The van der Waals surface area contributed by atoms with Crippen molar-refractivity contribution >= 4 is 27.3 Å². The Hall–Kier alpha value is -0.640. The molecule has 3 rings (SSSR count). The molecule has 0 fully saturated rings. The van der Waals surface area contributed by atoms with E-state index in [-0.39, 0.29) is 0 Å². The van der Waals surface area contributed by atoms with E-state index in [1.54, 1.807) is 10.4 Å². The molecule has 106 valence electrons. The van der Waals surface area contributed by atoms with E-state index in [1.807, 2.05) is 11.3 Å². The average molecular weight is 350 g/mol. The van der Waals surface area contributed by atoms with Gasteiger partial charge in [-0.25, -0.2) is 0 Å². The van der Waals surface area contributed by atoms with Gasteiger partial charge in [0, 0.05) is 20.3 Å². The normalized spacial score (nSPS) is 15.3. The van der Waals surface area contributed by atoms with Crippen LogP contribution in [0.5, 0.6) is 0 Å². The van der Waals surface area contributed by atoms with Crippen LogP contribution in [0.15, 0.2) is 34.8 Å². The molecule has 0 bridgehead atoms. The quantitative estimate of drug-likeness (QED) is 0.809. The van der Waals surface area contributed by atoms with Gasteiger partial charge in [0.05, 0.1) is 0 Å². The molecule has 1 aromatic heterocycles. The molecule has 1 nitrogen and oxygen atoms in total. The number of hydrogen-bond acceptors (Lipinski definition) is 2. The van der Waals surface area contributed by atoms with Gasteiger partial charge in [0.2, 0.25) is 0 Å². The van der Waals surface area contributed by atoms with Crippen molar-refractivity contribution in [2.24, 2.45) is 0 Å². The largest absolute Gasteiger partial charge is 0.309 e. The molecule has 0 saturated carbocycles. The van der Waals surface area contributed by atoms with E-state index < -0.39 is 0 Å². The predicted octanol–water partition coefficient (Wildman–Crippen LogP) is 4.89. The molecule has 1 atom stereocenters. The predicted molar refractivity (Wildman–Crippen MR) is 90.6 cm³/mol. The topological polar surface area (TPSA) is 12.0 Å². The highest BCUT2D eigenvalue weighted by Gasteiger charge is 2.20. The number of nitrogens with one attached hydrogen (secondary N) is 1. The second-order valence-electron chi connectivity index (χ2n) is 5.36. The third-order valence-electron chi connectivity index (χ3n) is 3.94. The molecule has 1 unspecified atom stereocenters. The van der Waals surface area contributed by atoms with E-state index >= 15 is 0 Å². The number of likely N-dealkylation sites (N-methyl/N-ethyl adjacent to an activating group) is 1. The van der Waals surface area contributed by atoms with Gasteiger partial charge < -0.3 is 5.32 Å². The Morgan fingerprint density at radius 2 is 2.15 bits per heavy atom. The Kier molecular flexibility index (Phi) is 4.59. The molecule has 0 aliphatic heterocycles. The summed E-state index contributed by atoms with van der Waals surface area (Å²) in [6.45, 7) is 3.20. The Balaban J connectivity index is 1.83. The van der Waals surface area contributed by atoms with Gasteiger partial charge in [-0.1, -0.05) is 41.1 Å². The lowest BCUT2D eigenvalue weighted by atomic mass is 10.0. The molecular formula is C17H20BrNS. The van der Waals surface area contributed by atoms with Gasteiger partial charge in [0.1, 0.15) is 0 Å². The van der Waals surface area contributed by atoms with Crippen molar-refractivity contribution in [2.75, 3.05) is 6.54 Å². The summed E-state index contributed by atoms with van der Waals surface area (Å²) in [6, 6.07) is 11.4. The van der Waals surface area contributed by atoms with Gasteiger partial charge in [-0.3, -0.25) is 0 Å². The lowest BCUT2D eigenvalue weighted by molar-refractivity contribution is 0.557. The van der Waals surface area contributed by atoms with Crippen molar-refractivity contribution < 1.29 is 0 Å². The van der Waals surface area contributed by atoms with Crippen molar-refractivity contribution in [1.82, 2.24) is 5.32 Å². The van der Waals surface area contributed by atoms with Crippen molar-refractivity contribution in [3.8, 4) is 0 Å². The zero-order chi connectivity index (χ0) is 13.9. The molecule has 1 aromatic carbocycles. The van der Waals surface area contributed by atoms with Crippen LogP contribution in [0.1, 0.15) is 40.3 Å². The molecule has 1 N–H and O–H groups in total. The number of hydrogen-bond donors (Lipinski definition) is 1. The number of benzene rings is 1. The van der Waals surface area contributed by atoms with Crippen LogP contribution in [0.4, 0.5) is 0 Å². The molecule has 1 aliphatic rings. The van der Waals surface area contributed by atoms with Crippen LogP contribution in [0.2, 0.25) is 0 Å². The van der Waals surface area contributed by atoms with Crippen LogP contribution in [0.3, 0.4) is 0 Å². The van der Waals surface area contributed by atoms with Gasteiger partial charge in [-0.2, -0.15) is 0 Å². The van der Waals surface area contributed by atoms with Crippen molar-refractivity contribution in [1.29, 1.82) is 0 Å².